The van der Waals surface area contributed by atoms with E-state index in [4.69, 9.17) is 9.47 Å². The smallest absolute Gasteiger partial charge is 0.265 e. The van der Waals surface area contributed by atoms with Crippen LogP contribution in [0, 0.1) is 6.92 Å². The number of aryl methyl sites for hydroxylation is 1. The molecule has 1 saturated heterocycles. The molecule has 36 heavy (non-hydrogen) atoms. The van der Waals surface area contributed by atoms with Gasteiger partial charge in [0.25, 0.3) is 10.0 Å². The highest BCUT2D eigenvalue weighted by Gasteiger charge is 2.37. The zero-order valence-electron chi connectivity index (χ0n) is 20.0. The van der Waals surface area contributed by atoms with Gasteiger partial charge in [-0.1, -0.05) is 35.9 Å². The Hall–Kier alpha value is -3.56. The third kappa shape index (κ3) is 3.98. The fourth-order valence-corrected chi connectivity index (χ4v) is 6.73. The lowest BCUT2D eigenvalue weighted by Crippen LogP contribution is -2.51. The number of hydrogen-bond donors (Lipinski definition) is 0. The lowest BCUT2D eigenvalue weighted by atomic mass is 10.0. The normalized spacial score (nSPS) is 18.0. The average molecular weight is 506 g/mol. The monoisotopic (exact) mass is 505 g/mol. The maximum absolute atomic E-state index is 13.5. The molecule has 0 saturated carbocycles. The molecule has 3 aromatic rings. The van der Waals surface area contributed by atoms with E-state index in [1.54, 1.807) is 23.1 Å². The zero-order chi connectivity index (χ0) is 24.9. The van der Waals surface area contributed by atoms with Gasteiger partial charge in [-0.25, -0.2) is 8.42 Å². The molecule has 3 aromatic carbocycles. The first kappa shape index (κ1) is 22.9. The van der Waals surface area contributed by atoms with Crippen LogP contribution in [-0.4, -0.2) is 63.6 Å². The Morgan fingerprint density at radius 1 is 0.889 bits per heavy atom. The van der Waals surface area contributed by atoms with Gasteiger partial charge in [0.05, 0.1) is 10.6 Å². The molecular weight excluding hydrogens is 478 g/mol. The quantitative estimate of drug-likeness (QED) is 0.542. The molecule has 0 atom stereocenters. The lowest BCUT2D eigenvalue weighted by molar-refractivity contribution is -0.131. The van der Waals surface area contributed by atoms with E-state index in [0.29, 0.717) is 37.4 Å². The zero-order valence-corrected chi connectivity index (χ0v) is 20.8. The van der Waals surface area contributed by atoms with Gasteiger partial charge in [0, 0.05) is 43.9 Å². The van der Waals surface area contributed by atoms with E-state index in [9.17, 15) is 13.2 Å². The van der Waals surface area contributed by atoms with Crippen LogP contribution < -0.4 is 13.8 Å². The molecule has 3 heterocycles. The van der Waals surface area contributed by atoms with Gasteiger partial charge in [-0.3, -0.25) is 14.0 Å². The van der Waals surface area contributed by atoms with Crippen molar-refractivity contribution in [1.82, 2.24) is 9.80 Å². The molecule has 186 valence electrons. The average Bonchev–Trinajstić information content (AvgIpc) is 3.35. The summed E-state index contributed by atoms with van der Waals surface area (Å²) in [4.78, 5) is 17.6. The first-order chi connectivity index (χ1) is 17.4. The van der Waals surface area contributed by atoms with Gasteiger partial charge < -0.3 is 14.4 Å². The van der Waals surface area contributed by atoms with Crippen molar-refractivity contribution in [3.05, 3.63) is 71.8 Å². The summed E-state index contributed by atoms with van der Waals surface area (Å²) in [6.45, 7) is 5.30. The van der Waals surface area contributed by atoms with Crippen LogP contribution in [0.15, 0.2) is 65.6 Å². The molecule has 8 nitrogen and oxygen atoms in total. The maximum atomic E-state index is 13.5. The Labute approximate surface area is 210 Å². The molecule has 1 fully saturated rings. The Kier molecular flexibility index (Phi) is 5.61. The highest BCUT2D eigenvalue weighted by atomic mass is 32.2. The molecule has 0 bridgehead atoms. The van der Waals surface area contributed by atoms with Crippen molar-refractivity contribution < 1.29 is 22.7 Å². The fourth-order valence-electron chi connectivity index (χ4n) is 5.09. The number of hydrogen-bond acceptors (Lipinski definition) is 6. The number of rotatable bonds is 4. The van der Waals surface area contributed by atoms with Crippen LogP contribution in [0.25, 0.3) is 11.1 Å². The van der Waals surface area contributed by atoms with E-state index in [1.807, 2.05) is 49.4 Å². The Morgan fingerprint density at radius 2 is 1.67 bits per heavy atom. The second kappa shape index (κ2) is 8.83. The number of ether oxygens (including phenoxy) is 2. The minimum Gasteiger partial charge on any atom is -0.454 e. The summed E-state index contributed by atoms with van der Waals surface area (Å²) in [6.07, 6.45) is 0. The van der Waals surface area contributed by atoms with E-state index >= 15 is 0 Å². The molecule has 1 amide bonds. The number of piperazine rings is 1. The van der Waals surface area contributed by atoms with Crippen molar-refractivity contribution in [3.8, 4) is 22.6 Å². The van der Waals surface area contributed by atoms with Crippen molar-refractivity contribution >= 4 is 21.6 Å². The van der Waals surface area contributed by atoms with Gasteiger partial charge in [0.1, 0.15) is 6.54 Å². The highest BCUT2D eigenvalue weighted by Crippen LogP contribution is 2.43. The van der Waals surface area contributed by atoms with Crippen LogP contribution in [0.4, 0.5) is 5.69 Å². The standard InChI is InChI=1S/C27H27N3O5S/c1-19-6-8-23-22(14-19)21-4-2-3-5-26(21)36(32,33)30(23)17-27(31)29-12-10-28(11-13-29)16-20-7-9-24-25(15-20)35-18-34-24/h2-9,14-15H,10-13,16-18H2,1H3. The summed E-state index contributed by atoms with van der Waals surface area (Å²) in [5.74, 6) is 1.34. The van der Waals surface area contributed by atoms with Crippen LogP contribution in [0.5, 0.6) is 11.5 Å². The highest BCUT2D eigenvalue weighted by molar-refractivity contribution is 7.93. The lowest BCUT2D eigenvalue weighted by Gasteiger charge is -2.37. The number of anilines is 1. The van der Waals surface area contributed by atoms with Crippen molar-refractivity contribution in [2.75, 3.05) is 43.8 Å². The van der Waals surface area contributed by atoms with Crippen molar-refractivity contribution in [3.63, 3.8) is 0 Å². The summed E-state index contributed by atoms with van der Waals surface area (Å²) < 4.78 is 39.2. The summed E-state index contributed by atoms with van der Waals surface area (Å²) in [6, 6.07) is 18.6. The van der Waals surface area contributed by atoms with Crippen LogP contribution in [0.1, 0.15) is 11.1 Å². The Balaban J connectivity index is 1.16. The molecule has 0 radical (unpaired) electrons. The number of sulfonamides is 1. The molecule has 0 unspecified atom stereocenters. The first-order valence-electron chi connectivity index (χ1n) is 12.0. The molecule has 3 aliphatic heterocycles. The van der Waals surface area contributed by atoms with Gasteiger partial charge >= 0.3 is 0 Å². The fraction of sp³-hybridized carbons (Fsp3) is 0.296. The van der Waals surface area contributed by atoms with E-state index in [0.717, 1.165) is 34.7 Å². The van der Waals surface area contributed by atoms with Crippen LogP contribution >= 0.6 is 0 Å². The molecule has 3 aliphatic rings. The minimum absolute atomic E-state index is 0.188. The number of nitrogens with zero attached hydrogens (tertiary/aromatic N) is 3. The van der Waals surface area contributed by atoms with Crippen molar-refractivity contribution in [2.45, 2.75) is 18.4 Å². The Morgan fingerprint density at radius 3 is 2.50 bits per heavy atom. The summed E-state index contributed by atoms with van der Waals surface area (Å²) in [5.41, 5.74) is 4.23. The molecule has 0 spiro atoms. The molecule has 6 rings (SSSR count). The van der Waals surface area contributed by atoms with Gasteiger partial charge in [-0.15, -0.1) is 0 Å². The number of carbonyl (C=O) groups is 1. The Bertz CT molecular complexity index is 1450. The van der Waals surface area contributed by atoms with Gasteiger partial charge in [0.15, 0.2) is 11.5 Å². The second-order valence-electron chi connectivity index (χ2n) is 9.37. The van der Waals surface area contributed by atoms with Gasteiger partial charge in [0.2, 0.25) is 12.7 Å². The minimum atomic E-state index is -3.85. The van der Waals surface area contributed by atoms with Crippen LogP contribution in [-0.2, 0) is 21.4 Å². The maximum Gasteiger partial charge on any atom is 0.265 e. The van der Waals surface area contributed by atoms with E-state index in [2.05, 4.69) is 4.90 Å². The van der Waals surface area contributed by atoms with Crippen molar-refractivity contribution in [1.29, 1.82) is 0 Å². The summed E-state index contributed by atoms with van der Waals surface area (Å²) >= 11 is 0. The van der Waals surface area contributed by atoms with Crippen LogP contribution in [0.2, 0.25) is 0 Å². The number of amides is 1. The summed E-state index contributed by atoms with van der Waals surface area (Å²) in [7, 11) is -3.85. The third-order valence-electron chi connectivity index (χ3n) is 7.01. The van der Waals surface area contributed by atoms with Gasteiger partial charge in [-0.2, -0.15) is 0 Å². The predicted octanol–water partition coefficient (Wildman–Crippen LogP) is 3.24. The largest absolute Gasteiger partial charge is 0.454 e. The number of fused-ring (bicyclic) bond motifs is 4. The summed E-state index contributed by atoms with van der Waals surface area (Å²) in [5, 5.41) is 0. The van der Waals surface area contributed by atoms with Crippen molar-refractivity contribution in [2.24, 2.45) is 0 Å². The molecule has 0 aromatic heterocycles. The predicted molar refractivity (Wildman–Crippen MR) is 136 cm³/mol. The third-order valence-corrected chi connectivity index (χ3v) is 8.83. The van der Waals surface area contributed by atoms with Gasteiger partial charge in [-0.05, 0) is 42.8 Å². The topological polar surface area (TPSA) is 79.4 Å². The SMILES string of the molecule is Cc1ccc2c(c1)-c1ccccc1S(=O)(=O)N2CC(=O)N1CCN(Cc2ccc3c(c2)OCO3)CC1. The first-order valence-corrected chi connectivity index (χ1v) is 13.5. The van der Waals surface area contributed by atoms with Crippen LogP contribution in [0.3, 0.4) is 0 Å². The van der Waals surface area contributed by atoms with E-state index in [-0.39, 0.29) is 24.1 Å². The number of carbonyl (C=O) groups excluding carboxylic acids is 1. The van der Waals surface area contributed by atoms with E-state index < -0.39 is 10.0 Å². The molecule has 0 N–H and O–H groups in total. The molecular formula is C27H27N3O5S. The molecule has 0 aliphatic carbocycles. The number of benzene rings is 3. The second-order valence-corrected chi connectivity index (χ2v) is 11.2. The molecule has 9 heteroatoms. The van der Waals surface area contributed by atoms with E-state index in [1.165, 1.54) is 4.31 Å².